The van der Waals surface area contributed by atoms with Crippen molar-refractivity contribution in [2.24, 2.45) is 0 Å². The molecular formula is C21H18N4O2S. The summed E-state index contributed by atoms with van der Waals surface area (Å²) in [6, 6.07) is 15.3. The van der Waals surface area contributed by atoms with Crippen LogP contribution in [0.3, 0.4) is 0 Å². The van der Waals surface area contributed by atoms with Gasteiger partial charge >= 0.3 is 0 Å². The van der Waals surface area contributed by atoms with Crippen molar-refractivity contribution in [1.29, 1.82) is 0 Å². The first kappa shape index (κ1) is 18.1. The summed E-state index contributed by atoms with van der Waals surface area (Å²) in [5, 5.41) is 3.39. The highest BCUT2D eigenvalue weighted by atomic mass is 32.1. The summed E-state index contributed by atoms with van der Waals surface area (Å²) in [6.07, 6.45) is 2.22. The van der Waals surface area contributed by atoms with Gasteiger partial charge in [-0.2, -0.15) is 0 Å². The molecule has 4 aromatic rings. The van der Waals surface area contributed by atoms with Crippen molar-refractivity contribution in [1.82, 2.24) is 15.0 Å². The fourth-order valence-corrected chi connectivity index (χ4v) is 3.68. The van der Waals surface area contributed by atoms with Crippen LogP contribution in [0.4, 0.5) is 5.13 Å². The molecule has 0 atom stereocenters. The number of para-hydroxylation sites is 1. The number of rotatable bonds is 5. The molecule has 1 amide bonds. The normalized spacial score (nSPS) is 10.8. The summed E-state index contributed by atoms with van der Waals surface area (Å²) in [4.78, 5) is 25.6. The monoisotopic (exact) mass is 390 g/mol. The Morgan fingerprint density at radius 2 is 1.93 bits per heavy atom. The Labute approximate surface area is 166 Å². The molecule has 0 aliphatic rings. The molecule has 0 unspecified atom stereocenters. The fraction of sp³-hybridized carbons (Fsp3) is 0.143. The van der Waals surface area contributed by atoms with Crippen LogP contribution in [0.5, 0.6) is 11.5 Å². The summed E-state index contributed by atoms with van der Waals surface area (Å²) >= 11 is 1.40. The number of aryl methyl sites for hydroxylation is 2. The summed E-state index contributed by atoms with van der Waals surface area (Å²) in [5.41, 5.74) is 2.00. The van der Waals surface area contributed by atoms with Crippen LogP contribution in [0.2, 0.25) is 0 Å². The number of amides is 1. The summed E-state index contributed by atoms with van der Waals surface area (Å²) in [6.45, 7) is 3.77. The molecule has 0 radical (unpaired) electrons. The maximum absolute atomic E-state index is 12.6. The third kappa shape index (κ3) is 3.84. The molecule has 140 valence electrons. The van der Waals surface area contributed by atoms with Gasteiger partial charge in [0.25, 0.3) is 5.91 Å². The smallest absolute Gasteiger partial charge is 0.260 e. The van der Waals surface area contributed by atoms with Gasteiger partial charge in [-0.1, -0.05) is 36.5 Å². The Morgan fingerprint density at radius 1 is 1.11 bits per heavy atom. The SMILES string of the molecule is CCc1nc(C)ncc1C(=O)Nc1nc2ccc(Oc3ccccc3)cc2s1. The number of anilines is 1. The Hall–Kier alpha value is -3.32. The Kier molecular flexibility index (Phi) is 4.99. The van der Waals surface area contributed by atoms with Crippen molar-refractivity contribution >= 4 is 32.6 Å². The molecule has 0 fully saturated rings. The van der Waals surface area contributed by atoms with Crippen molar-refractivity contribution in [3.05, 3.63) is 71.8 Å². The first-order chi connectivity index (χ1) is 13.6. The van der Waals surface area contributed by atoms with E-state index in [0.717, 1.165) is 27.4 Å². The van der Waals surface area contributed by atoms with E-state index >= 15 is 0 Å². The zero-order valence-electron chi connectivity index (χ0n) is 15.5. The molecule has 0 bridgehead atoms. The molecule has 0 saturated carbocycles. The van der Waals surface area contributed by atoms with Gasteiger partial charge in [-0.25, -0.2) is 15.0 Å². The lowest BCUT2D eigenvalue weighted by molar-refractivity contribution is 0.102. The number of thiazole rings is 1. The van der Waals surface area contributed by atoms with Gasteiger partial charge in [0.1, 0.15) is 17.3 Å². The Morgan fingerprint density at radius 3 is 2.71 bits per heavy atom. The molecule has 6 nitrogen and oxygen atoms in total. The summed E-state index contributed by atoms with van der Waals surface area (Å²) < 4.78 is 6.79. The number of benzene rings is 2. The number of hydrogen-bond donors (Lipinski definition) is 1. The van der Waals surface area contributed by atoms with Gasteiger partial charge in [0.15, 0.2) is 5.13 Å². The van der Waals surface area contributed by atoms with Gasteiger partial charge in [0.2, 0.25) is 0 Å². The number of carbonyl (C=O) groups excluding carboxylic acids is 1. The lowest BCUT2D eigenvalue weighted by Gasteiger charge is -2.06. The largest absolute Gasteiger partial charge is 0.457 e. The van der Waals surface area contributed by atoms with E-state index in [1.807, 2.05) is 62.4 Å². The maximum Gasteiger partial charge on any atom is 0.260 e. The molecule has 2 aromatic heterocycles. The second kappa shape index (κ2) is 7.74. The zero-order chi connectivity index (χ0) is 19.5. The van der Waals surface area contributed by atoms with Crippen LogP contribution in [0.15, 0.2) is 54.7 Å². The van der Waals surface area contributed by atoms with E-state index in [1.165, 1.54) is 11.3 Å². The summed E-state index contributed by atoms with van der Waals surface area (Å²) in [7, 11) is 0. The number of ether oxygens (including phenoxy) is 1. The number of hydrogen-bond acceptors (Lipinski definition) is 6. The van der Waals surface area contributed by atoms with E-state index in [0.29, 0.717) is 22.9 Å². The van der Waals surface area contributed by atoms with Crippen LogP contribution < -0.4 is 10.1 Å². The number of nitrogens with zero attached hydrogens (tertiary/aromatic N) is 3. The van der Waals surface area contributed by atoms with Crippen molar-refractivity contribution < 1.29 is 9.53 Å². The average Bonchev–Trinajstić information content (AvgIpc) is 3.10. The fourth-order valence-electron chi connectivity index (χ4n) is 2.79. The van der Waals surface area contributed by atoms with Gasteiger partial charge in [-0.05, 0) is 37.6 Å². The van der Waals surface area contributed by atoms with Gasteiger partial charge in [-0.3, -0.25) is 10.1 Å². The standard InChI is InChI=1S/C21H18N4O2S/c1-3-17-16(12-22-13(2)23-17)20(26)25-21-24-18-10-9-15(11-19(18)28-21)27-14-7-5-4-6-8-14/h4-12H,3H2,1-2H3,(H,24,25,26). The molecule has 0 aliphatic heterocycles. The van der Waals surface area contributed by atoms with Crippen molar-refractivity contribution in [2.45, 2.75) is 20.3 Å². The first-order valence-corrected chi connectivity index (χ1v) is 9.71. The molecule has 0 spiro atoms. The van der Waals surface area contributed by atoms with Crippen molar-refractivity contribution in [2.75, 3.05) is 5.32 Å². The lowest BCUT2D eigenvalue weighted by atomic mass is 10.2. The third-order valence-electron chi connectivity index (χ3n) is 4.13. The van der Waals surface area contributed by atoms with Crippen LogP contribution in [-0.4, -0.2) is 20.9 Å². The molecule has 28 heavy (non-hydrogen) atoms. The number of aromatic nitrogens is 3. The van der Waals surface area contributed by atoms with E-state index < -0.39 is 0 Å². The number of carbonyl (C=O) groups is 1. The molecule has 2 aromatic carbocycles. The minimum Gasteiger partial charge on any atom is -0.457 e. The van der Waals surface area contributed by atoms with Crippen LogP contribution in [-0.2, 0) is 6.42 Å². The van der Waals surface area contributed by atoms with E-state index in [-0.39, 0.29) is 5.91 Å². The predicted octanol–water partition coefficient (Wildman–Crippen LogP) is 5.00. The predicted molar refractivity (Wildman–Crippen MR) is 110 cm³/mol. The molecule has 2 heterocycles. The van der Waals surface area contributed by atoms with Gasteiger partial charge in [-0.15, -0.1) is 0 Å². The van der Waals surface area contributed by atoms with Crippen LogP contribution in [0.25, 0.3) is 10.2 Å². The van der Waals surface area contributed by atoms with Gasteiger partial charge in [0, 0.05) is 12.3 Å². The van der Waals surface area contributed by atoms with E-state index in [9.17, 15) is 4.79 Å². The quantitative estimate of drug-likeness (QED) is 0.519. The average molecular weight is 390 g/mol. The van der Waals surface area contributed by atoms with Gasteiger partial charge in [0.05, 0.1) is 21.5 Å². The molecule has 0 saturated heterocycles. The second-order valence-corrected chi connectivity index (χ2v) is 7.18. The van der Waals surface area contributed by atoms with E-state index in [2.05, 4.69) is 20.3 Å². The summed E-state index contributed by atoms with van der Waals surface area (Å²) in [5.74, 6) is 1.89. The number of nitrogens with one attached hydrogen (secondary N) is 1. The zero-order valence-corrected chi connectivity index (χ0v) is 16.3. The van der Waals surface area contributed by atoms with E-state index in [4.69, 9.17) is 4.74 Å². The number of fused-ring (bicyclic) bond motifs is 1. The first-order valence-electron chi connectivity index (χ1n) is 8.89. The molecule has 7 heteroatoms. The van der Waals surface area contributed by atoms with Crippen LogP contribution in [0, 0.1) is 6.92 Å². The highest BCUT2D eigenvalue weighted by molar-refractivity contribution is 7.22. The van der Waals surface area contributed by atoms with Crippen molar-refractivity contribution in [3.63, 3.8) is 0 Å². The highest BCUT2D eigenvalue weighted by Gasteiger charge is 2.15. The topological polar surface area (TPSA) is 77.0 Å². The highest BCUT2D eigenvalue weighted by Crippen LogP contribution is 2.31. The minimum atomic E-state index is -0.253. The molecule has 0 aliphatic carbocycles. The maximum atomic E-state index is 12.6. The molecule has 1 N–H and O–H groups in total. The Bertz CT molecular complexity index is 1140. The van der Waals surface area contributed by atoms with Crippen molar-refractivity contribution in [3.8, 4) is 11.5 Å². The lowest BCUT2D eigenvalue weighted by Crippen LogP contribution is -2.16. The minimum absolute atomic E-state index is 0.253. The molecule has 4 rings (SSSR count). The van der Waals surface area contributed by atoms with Gasteiger partial charge < -0.3 is 4.74 Å². The van der Waals surface area contributed by atoms with E-state index in [1.54, 1.807) is 6.20 Å². The van der Waals surface area contributed by atoms with Crippen LogP contribution >= 0.6 is 11.3 Å². The van der Waals surface area contributed by atoms with Crippen LogP contribution in [0.1, 0.15) is 28.8 Å². The second-order valence-electron chi connectivity index (χ2n) is 6.15. The third-order valence-corrected chi connectivity index (χ3v) is 5.06. The molecular weight excluding hydrogens is 372 g/mol. The Balaban J connectivity index is 1.56.